The van der Waals surface area contributed by atoms with E-state index in [9.17, 15) is 23.5 Å². The van der Waals surface area contributed by atoms with Gasteiger partial charge in [-0.2, -0.15) is 0 Å². The number of pyridine rings is 1. The number of rotatable bonds is 3. The SMILES string of the molecule is O=C1c2c(O)c(=O)ccn2N([C@@H](c2ccc(F)c(F)c2)c2cccs2)[C@@H]2COCCN12. The van der Waals surface area contributed by atoms with Gasteiger partial charge in [-0.05, 0) is 29.1 Å². The van der Waals surface area contributed by atoms with E-state index in [2.05, 4.69) is 0 Å². The molecule has 10 heteroatoms. The van der Waals surface area contributed by atoms with Crippen molar-refractivity contribution in [2.45, 2.75) is 12.2 Å². The number of halogens is 2. The van der Waals surface area contributed by atoms with Crippen LogP contribution in [0.4, 0.5) is 8.78 Å². The molecular weight excluding hydrogens is 428 g/mol. The Hall–Kier alpha value is -3.24. The maximum Gasteiger partial charge on any atom is 0.278 e. The van der Waals surface area contributed by atoms with E-state index in [0.717, 1.165) is 23.1 Å². The Kier molecular flexibility index (Phi) is 4.75. The lowest BCUT2D eigenvalue weighted by Gasteiger charge is -2.51. The lowest BCUT2D eigenvalue weighted by molar-refractivity contribution is -0.0196. The Balaban J connectivity index is 1.77. The molecule has 2 aliphatic heterocycles. The van der Waals surface area contributed by atoms with Crippen LogP contribution in [-0.4, -0.2) is 46.5 Å². The highest BCUT2D eigenvalue weighted by Gasteiger charge is 2.44. The van der Waals surface area contributed by atoms with Crippen LogP contribution in [0, 0.1) is 11.6 Å². The summed E-state index contributed by atoms with van der Waals surface area (Å²) in [5, 5.41) is 14.1. The molecule has 2 atom stereocenters. The van der Waals surface area contributed by atoms with Gasteiger partial charge in [0.05, 0.1) is 13.2 Å². The number of benzene rings is 1. The molecule has 3 aromatic rings. The molecule has 1 amide bonds. The predicted molar refractivity (Wildman–Crippen MR) is 109 cm³/mol. The average molecular weight is 445 g/mol. The van der Waals surface area contributed by atoms with Crippen LogP contribution in [0.3, 0.4) is 0 Å². The van der Waals surface area contributed by atoms with Crippen molar-refractivity contribution in [3.8, 4) is 5.75 Å². The van der Waals surface area contributed by atoms with Crippen molar-refractivity contribution in [1.82, 2.24) is 9.58 Å². The van der Waals surface area contributed by atoms with E-state index in [-0.39, 0.29) is 18.8 Å². The number of hydrogen-bond acceptors (Lipinski definition) is 6. The van der Waals surface area contributed by atoms with Crippen LogP contribution in [0.15, 0.2) is 52.8 Å². The summed E-state index contributed by atoms with van der Waals surface area (Å²) in [6.45, 7) is 0.740. The van der Waals surface area contributed by atoms with Gasteiger partial charge in [0.2, 0.25) is 5.43 Å². The number of amides is 1. The van der Waals surface area contributed by atoms with E-state index in [4.69, 9.17) is 4.74 Å². The molecule has 2 aromatic heterocycles. The molecule has 0 unspecified atom stereocenters. The molecule has 0 saturated carbocycles. The number of ether oxygens (including phenoxy) is 1. The Bertz CT molecular complexity index is 1210. The van der Waals surface area contributed by atoms with Gasteiger partial charge in [-0.3, -0.25) is 19.3 Å². The van der Waals surface area contributed by atoms with E-state index in [1.165, 1.54) is 33.2 Å². The number of carbonyl (C=O) groups excluding carboxylic acids is 1. The number of aromatic nitrogens is 1. The Labute approximate surface area is 179 Å². The molecule has 7 nitrogen and oxygen atoms in total. The molecule has 0 radical (unpaired) electrons. The standard InChI is InChI=1S/C21H17F2N3O4S/c22-13-4-3-12(10-14(13)23)18(16-2-1-9-31-16)26-17-11-30-8-7-24(17)21(29)19-20(28)15(27)5-6-25(19)26/h1-6,9-10,17-18,28H,7-8,11H2/t17-,18+/m1/s1. The number of nitrogens with zero attached hydrogens (tertiary/aromatic N) is 3. The molecule has 5 rings (SSSR count). The fourth-order valence-electron chi connectivity index (χ4n) is 4.11. The van der Waals surface area contributed by atoms with Crippen molar-refractivity contribution >= 4 is 17.2 Å². The summed E-state index contributed by atoms with van der Waals surface area (Å²) < 4.78 is 34.9. The van der Waals surface area contributed by atoms with E-state index in [1.54, 1.807) is 5.01 Å². The van der Waals surface area contributed by atoms with Gasteiger partial charge in [0.1, 0.15) is 12.2 Å². The van der Waals surface area contributed by atoms with Gasteiger partial charge in [-0.25, -0.2) is 8.78 Å². The first-order valence-corrected chi connectivity index (χ1v) is 10.5. The Morgan fingerprint density at radius 3 is 2.74 bits per heavy atom. The second kappa shape index (κ2) is 7.47. The van der Waals surface area contributed by atoms with E-state index in [0.29, 0.717) is 12.2 Å². The smallest absolute Gasteiger partial charge is 0.278 e. The van der Waals surface area contributed by atoms with E-state index < -0.39 is 40.9 Å². The van der Waals surface area contributed by atoms with Crippen LogP contribution in [0.25, 0.3) is 0 Å². The maximum absolute atomic E-state index is 14.2. The van der Waals surface area contributed by atoms with Crippen molar-refractivity contribution in [2.75, 3.05) is 24.8 Å². The monoisotopic (exact) mass is 445 g/mol. The molecule has 1 saturated heterocycles. The quantitative estimate of drug-likeness (QED) is 0.670. The summed E-state index contributed by atoms with van der Waals surface area (Å²) >= 11 is 1.41. The first kappa shape index (κ1) is 19.7. The van der Waals surface area contributed by atoms with Gasteiger partial charge in [0.25, 0.3) is 5.91 Å². The zero-order valence-corrected chi connectivity index (χ0v) is 16.9. The maximum atomic E-state index is 14.2. The minimum Gasteiger partial charge on any atom is -0.502 e. The number of hydrogen-bond donors (Lipinski definition) is 1. The van der Waals surface area contributed by atoms with Crippen LogP contribution in [0.5, 0.6) is 5.75 Å². The largest absolute Gasteiger partial charge is 0.502 e. The van der Waals surface area contributed by atoms with Crippen molar-refractivity contribution < 1.29 is 23.4 Å². The van der Waals surface area contributed by atoms with Gasteiger partial charge < -0.3 is 14.7 Å². The molecule has 1 N–H and O–H groups in total. The third-order valence-corrected chi connectivity index (χ3v) is 6.44. The molecule has 2 aliphatic rings. The molecule has 31 heavy (non-hydrogen) atoms. The second-order valence-electron chi connectivity index (χ2n) is 7.25. The molecule has 1 fully saturated rings. The van der Waals surface area contributed by atoms with Crippen molar-refractivity contribution in [2.24, 2.45) is 0 Å². The topological polar surface area (TPSA) is 75.0 Å². The Morgan fingerprint density at radius 2 is 2.00 bits per heavy atom. The summed E-state index contributed by atoms with van der Waals surface area (Å²) in [5.74, 6) is -3.11. The zero-order valence-electron chi connectivity index (χ0n) is 16.1. The molecule has 0 spiro atoms. The van der Waals surface area contributed by atoms with Crippen molar-refractivity contribution in [1.29, 1.82) is 0 Å². The van der Waals surface area contributed by atoms with Crippen molar-refractivity contribution in [3.05, 3.63) is 86.0 Å². The lowest BCUT2D eigenvalue weighted by Crippen LogP contribution is -2.66. The summed E-state index contributed by atoms with van der Waals surface area (Å²) in [5.41, 5.74) is -0.396. The normalized spacial score (nSPS) is 19.2. The molecule has 0 bridgehead atoms. The van der Waals surface area contributed by atoms with Crippen LogP contribution in [0.1, 0.15) is 27.0 Å². The molecule has 1 aromatic carbocycles. The van der Waals surface area contributed by atoms with Crippen molar-refractivity contribution in [3.63, 3.8) is 0 Å². The fourth-order valence-corrected chi connectivity index (χ4v) is 4.95. The second-order valence-corrected chi connectivity index (χ2v) is 8.23. The molecular formula is C21H17F2N3O4S. The highest BCUT2D eigenvalue weighted by Crippen LogP contribution is 2.37. The molecule has 4 heterocycles. The third kappa shape index (κ3) is 3.10. The zero-order chi connectivity index (χ0) is 21.7. The van der Waals surface area contributed by atoms with Gasteiger partial charge >= 0.3 is 0 Å². The number of aromatic hydroxyl groups is 1. The van der Waals surface area contributed by atoms with Gasteiger partial charge in [-0.15, -0.1) is 11.3 Å². The number of morpholine rings is 1. The third-order valence-electron chi connectivity index (χ3n) is 5.51. The van der Waals surface area contributed by atoms with Crippen LogP contribution >= 0.6 is 11.3 Å². The van der Waals surface area contributed by atoms with E-state index >= 15 is 0 Å². The number of carbonyl (C=O) groups is 1. The predicted octanol–water partition coefficient (Wildman–Crippen LogP) is 2.43. The summed E-state index contributed by atoms with van der Waals surface area (Å²) in [6, 6.07) is 7.86. The highest BCUT2D eigenvalue weighted by molar-refractivity contribution is 7.10. The first-order chi connectivity index (χ1) is 15.0. The number of fused-ring (bicyclic) bond motifs is 2. The van der Waals surface area contributed by atoms with Crippen LogP contribution in [0.2, 0.25) is 0 Å². The molecule has 160 valence electrons. The van der Waals surface area contributed by atoms with Crippen LogP contribution < -0.4 is 10.4 Å². The summed E-state index contributed by atoms with van der Waals surface area (Å²) in [4.78, 5) is 27.5. The average Bonchev–Trinajstić information content (AvgIpc) is 3.30. The minimum atomic E-state index is -0.994. The fraction of sp³-hybridized carbons (Fsp3) is 0.238. The summed E-state index contributed by atoms with van der Waals surface area (Å²) in [6.07, 6.45) is 0.817. The van der Waals surface area contributed by atoms with Gasteiger partial charge in [0, 0.05) is 23.7 Å². The van der Waals surface area contributed by atoms with Gasteiger partial charge in [0.15, 0.2) is 23.1 Å². The van der Waals surface area contributed by atoms with Gasteiger partial charge in [-0.1, -0.05) is 12.1 Å². The highest BCUT2D eigenvalue weighted by atomic mass is 32.1. The number of thiophene rings is 1. The van der Waals surface area contributed by atoms with Crippen LogP contribution in [-0.2, 0) is 4.74 Å². The minimum absolute atomic E-state index is 0.170. The lowest BCUT2D eigenvalue weighted by atomic mass is 10.0. The van der Waals surface area contributed by atoms with E-state index in [1.807, 2.05) is 17.5 Å². The molecule has 0 aliphatic carbocycles. The first-order valence-electron chi connectivity index (χ1n) is 9.57. The summed E-state index contributed by atoms with van der Waals surface area (Å²) in [7, 11) is 0. The Morgan fingerprint density at radius 1 is 1.16 bits per heavy atom.